The lowest BCUT2D eigenvalue weighted by molar-refractivity contribution is -0.0445. The molecule has 170 valence electrons. The number of hydrogen-bond donors (Lipinski definition) is 0. The molecule has 0 radical (unpaired) electrons. The second-order valence-electron chi connectivity index (χ2n) is 8.20. The van der Waals surface area contributed by atoms with Crippen LogP contribution in [0, 0.1) is 0 Å². The monoisotopic (exact) mass is 434 g/mol. The van der Waals surface area contributed by atoms with Gasteiger partial charge in [0.2, 0.25) is 11.5 Å². The van der Waals surface area contributed by atoms with Crippen molar-refractivity contribution < 1.29 is 37.7 Å². The van der Waals surface area contributed by atoms with Crippen LogP contribution < -0.4 is 10.2 Å². The van der Waals surface area contributed by atoms with Gasteiger partial charge in [-0.25, -0.2) is 0 Å². The predicted octanol–water partition coefficient (Wildman–Crippen LogP) is 2.73. The molecule has 1 atom stereocenters. The molecular formula is C22H31BO8. The summed E-state index contributed by atoms with van der Waals surface area (Å²) in [5.74, 6) is 2.04. The summed E-state index contributed by atoms with van der Waals surface area (Å²) in [6.45, 7) is 8.29. The van der Waals surface area contributed by atoms with E-state index in [1.54, 1.807) is 0 Å². The number of hydrogen-bond acceptors (Lipinski definition) is 8. The normalized spacial score (nSPS) is 22.2. The van der Waals surface area contributed by atoms with Crippen molar-refractivity contribution in [2.75, 3.05) is 35.0 Å². The van der Waals surface area contributed by atoms with Crippen molar-refractivity contribution in [2.24, 2.45) is 0 Å². The third-order valence-electron chi connectivity index (χ3n) is 5.78. The van der Waals surface area contributed by atoms with E-state index in [4.69, 9.17) is 37.7 Å². The van der Waals surface area contributed by atoms with Crippen LogP contribution in [0.5, 0.6) is 5.75 Å². The van der Waals surface area contributed by atoms with Crippen molar-refractivity contribution >= 4 is 12.6 Å². The van der Waals surface area contributed by atoms with E-state index in [1.165, 1.54) is 28.4 Å². The zero-order valence-corrected chi connectivity index (χ0v) is 19.4. The van der Waals surface area contributed by atoms with Crippen molar-refractivity contribution in [2.45, 2.75) is 45.0 Å². The fourth-order valence-electron chi connectivity index (χ4n) is 3.30. The first kappa shape index (κ1) is 23.2. The van der Waals surface area contributed by atoms with Crippen molar-refractivity contribution in [3.8, 4) is 5.75 Å². The van der Waals surface area contributed by atoms with Crippen LogP contribution in [0.4, 0.5) is 0 Å². The lowest BCUT2D eigenvalue weighted by atomic mass is 9.79. The predicted molar refractivity (Wildman–Crippen MR) is 115 cm³/mol. The summed E-state index contributed by atoms with van der Waals surface area (Å²) >= 11 is 0. The summed E-state index contributed by atoms with van der Waals surface area (Å²) in [7, 11) is 5.64. The van der Waals surface area contributed by atoms with Gasteiger partial charge in [0.1, 0.15) is 12.4 Å². The molecule has 0 aromatic heterocycles. The van der Waals surface area contributed by atoms with E-state index in [0.717, 1.165) is 5.46 Å². The van der Waals surface area contributed by atoms with E-state index in [-0.39, 0.29) is 23.8 Å². The van der Waals surface area contributed by atoms with Crippen LogP contribution in [0.1, 0.15) is 27.7 Å². The summed E-state index contributed by atoms with van der Waals surface area (Å²) < 4.78 is 45.5. The van der Waals surface area contributed by atoms with Gasteiger partial charge in [-0.2, -0.15) is 0 Å². The third-order valence-corrected chi connectivity index (χ3v) is 5.78. The van der Waals surface area contributed by atoms with E-state index in [9.17, 15) is 0 Å². The van der Waals surface area contributed by atoms with E-state index >= 15 is 0 Å². The first-order valence-corrected chi connectivity index (χ1v) is 10.1. The minimum atomic E-state index is -0.573. The first-order chi connectivity index (χ1) is 14.7. The van der Waals surface area contributed by atoms with Gasteiger partial charge in [-0.3, -0.25) is 0 Å². The third kappa shape index (κ3) is 4.43. The van der Waals surface area contributed by atoms with Crippen LogP contribution in [-0.2, 0) is 33.0 Å². The van der Waals surface area contributed by atoms with Crippen molar-refractivity contribution in [3.05, 3.63) is 47.5 Å². The molecule has 3 rings (SSSR count). The average molecular weight is 434 g/mol. The second kappa shape index (κ2) is 8.92. The van der Waals surface area contributed by atoms with Gasteiger partial charge in [0.05, 0.1) is 39.6 Å². The number of ether oxygens (including phenoxy) is 6. The van der Waals surface area contributed by atoms with Crippen LogP contribution in [0.3, 0.4) is 0 Å². The summed E-state index contributed by atoms with van der Waals surface area (Å²) in [4.78, 5) is 0. The smallest absolute Gasteiger partial charge is 0.493 e. The maximum absolute atomic E-state index is 6.09. The molecule has 31 heavy (non-hydrogen) atoms. The first-order valence-electron chi connectivity index (χ1n) is 10.1. The molecule has 0 aliphatic carbocycles. The molecule has 0 spiro atoms. The molecule has 0 amide bonds. The van der Waals surface area contributed by atoms with Crippen LogP contribution in [0.2, 0.25) is 0 Å². The van der Waals surface area contributed by atoms with Gasteiger partial charge < -0.3 is 37.7 Å². The van der Waals surface area contributed by atoms with Gasteiger partial charge in [0.15, 0.2) is 11.9 Å². The Balaban J connectivity index is 1.69. The van der Waals surface area contributed by atoms with Crippen LogP contribution in [0.25, 0.3) is 0 Å². The van der Waals surface area contributed by atoms with Gasteiger partial charge in [-0.15, -0.1) is 0 Å². The summed E-state index contributed by atoms with van der Waals surface area (Å²) in [5.41, 5.74) is 0.148. The van der Waals surface area contributed by atoms with E-state index < -0.39 is 13.2 Å². The van der Waals surface area contributed by atoms with E-state index in [2.05, 4.69) is 0 Å². The summed E-state index contributed by atoms with van der Waals surface area (Å²) in [6.07, 6.45) is -0.573. The highest BCUT2D eigenvalue weighted by molar-refractivity contribution is 6.62. The Labute approximate surface area is 184 Å². The lowest BCUT2D eigenvalue weighted by Gasteiger charge is -2.32. The Morgan fingerprint density at radius 2 is 1.39 bits per heavy atom. The SMILES string of the molecule is COC1=C(OC)C(OC)=C(OC)[C@H](COc2ccc(B3OC(C)(C)C(C)(C)O3)cc2)O1. The van der Waals surface area contributed by atoms with Crippen LogP contribution in [-0.4, -0.2) is 59.5 Å². The Morgan fingerprint density at radius 3 is 1.87 bits per heavy atom. The topological polar surface area (TPSA) is 73.8 Å². The zero-order chi connectivity index (χ0) is 22.8. The Hall–Kier alpha value is -2.52. The fraction of sp³-hybridized carbons (Fsp3) is 0.545. The van der Waals surface area contributed by atoms with Crippen molar-refractivity contribution in [1.82, 2.24) is 0 Å². The van der Waals surface area contributed by atoms with Crippen LogP contribution in [0.15, 0.2) is 47.5 Å². The molecule has 1 fully saturated rings. The highest BCUT2D eigenvalue weighted by atomic mass is 16.7. The standard InChI is InChI=1S/C22H31BO8/c1-21(2)22(3,4)31-23(30-21)14-9-11-15(12-10-14)28-13-16-17(24-5)18(25-6)19(26-7)20(27-8)29-16/h9-12,16H,13H2,1-8H3/t16-/m0/s1. The molecule has 0 N–H and O–H groups in total. The number of methoxy groups -OCH3 is 4. The average Bonchev–Trinajstić information content (AvgIpc) is 2.97. The lowest BCUT2D eigenvalue weighted by Crippen LogP contribution is -2.41. The minimum Gasteiger partial charge on any atom is -0.493 e. The molecule has 1 saturated heterocycles. The molecule has 2 aliphatic heterocycles. The quantitative estimate of drug-likeness (QED) is 0.579. The molecule has 8 nitrogen and oxygen atoms in total. The number of rotatable bonds is 8. The molecule has 0 bridgehead atoms. The molecule has 1 aromatic carbocycles. The summed E-state index contributed by atoms with van der Waals surface area (Å²) in [6, 6.07) is 7.58. The van der Waals surface area contributed by atoms with Gasteiger partial charge >= 0.3 is 13.1 Å². The second-order valence-corrected chi connectivity index (χ2v) is 8.20. The molecule has 0 saturated carbocycles. The Bertz CT molecular complexity index is 828. The van der Waals surface area contributed by atoms with Gasteiger partial charge in [0, 0.05) is 0 Å². The van der Waals surface area contributed by atoms with Gasteiger partial charge in [-0.05, 0) is 45.3 Å². The van der Waals surface area contributed by atoms with Crippen molar-refractivity contribution in [1.29, 1.82) is 0 Å². The molecule has 0 unspecified atom stereocenters. The summed E-state index contributed by atoms with van der Waals surface area (Å²) in [5, 5.41) is 0. The molecular weight excluding hydrogens is 403 g/mol. The van der Waals surface area contributed by atoms with E-state index in [0.29, 0.717) is 23.0 Å². The Morgan fingerprint density at radius 1 is 0.806 bits per heavy atom. The zero-order valence-electron chi connectivity index (χ0n) is 19.4. The molecule has 9 heteroatoms. The van der Waals surface area contributed by atoms with Gasteiger partial charge in [0.25, 0.3) is 0 Å². The molecule has 2 heterocycles. The van der Waals surface area contributed by atoms with Gasteiger partial charge in [-0.1, -0.05) is 12.1 Å². The Kier molecular flexibility index (Phi) is 6.66. The molecule has 2 aliphatic rings. The van der Waals surface area contributed by atoms with E-state index in [1.807, 2.05) is 52.0 Å². The maximum Gasteiger partial charge on any atom is 0.494 e. The fourth-order valence-corrected chi connectivity index (χ4v) is 3.30. The maximum atomic E-state index is 6.09. The highest BCUT2D eigenvalue weighted by Crippen LogP contribution is 2.36. The van der Waals surface area contributed by atoms with Crippen molar-refractivity contribution in [3.63, 3.8) is 0 Å². The van der Waals surface area contributed by atoms with Crippen LogP contribution >= 0.6 is 0 Å². The largest absolute Gasteiger partial charge is 0.494 e. The minimum absolute atomic E-state index is 0.176. The number of benzene rings is 1. The highest BCUT2D eigenvalue weighted by Gasteiger charge is 2.51. The molecule has 1 aromatic rings.